The van der Waals surface area contributed by atoms with Gasteiger partial charge in [0.05, 0.1) is 39.3 Å². The zero-order valence-corrected chi connectivity index (χ0v) is 20.8. The van der Waals surface area contributed by atoms with Crippen LogP contribution in [0, 0.1) is 6.92 Å². The van der Waals surface area contributed by atoms with E-state index in [0.717, 1.165) is 21.3 Å². The van der Waals surface area contributed by atoms with Crippen molar-refractivity contribution in [1.29, 1.82) is 0 Å². The number of nitrogens with zero attached hydrogens (tertiary/aromatic N) is 5. The van der Waals surface area contributed by atoms with Crippen LogP contribution in [0.4, 0.5) is 23.5 Å². The fraction of sp³-hybridized carbons (Fsp3) is 0.304. The van der Waals surface area contributed by atoms with Crippen molar-refractivity contribution in [1.82, 2.24) is 15.0 Å². The van der Waals surface area contributed by atoms with E-state index >= 15 is 0 Å². The molecule has 1 aliphatic rings. The molecule has 0 aliphatic carbocycles. The number of morpholine rings is 1. The first kappa shape index (κ1) is 23.7. The first-order chi connectivity index (χ1) is 16.6. The van der Waals surface area contributed by atoms with Crippen LogP contribution in [0.15, 0.2) is 46.0 Å². The SMILES string of the molecule is COc1ccc(/C=N\Nc2nc(Nc3ccc(C)cc3Br)nc(N3CCOCC3)n2)c(OC)c1. The van der Waals surface area contributed by atoms with Gasteiger partial charge in [-0.3, -0.25) is 0 Å². The third-order valence-electron chi connectivity index (χ3n) is 5.10. The van der Waals surface area contributed by atoms with Crippen molar-refractivity contribution < 1.29 is 14.2 Å². The van der Waals surface area contributed by atoms with Crippen LogP contribution in [-0.2, 0) is 4.74 Å². The number of nitrogens with one attached hydrogen (secondary N) is 2. The number of hydrogen-bond donors (Lipinski definition) is 2. The van der Waals surface area contributed by atoms with Gasteiger partial charge in [-0.1, -0.05) is 6.07 Å². The zero-order valence-electron chi connectivity index (χ0n) is 19.2. The van der Waals surface area contributed by atoms with E-state index in [2.05, 4.69) is 51.6 Å². The van der Waals surface area contributed by atoms with Crippen molar-refractivity contribution in [3.8, 4) is 11.5 Å². The lowest BCUT2D eigenvalue weighted by Gasteiger charge is -2.27. The molecule has 34 heavy (non-hydrogen) atoms. The minimum absolute atomic E-state index is 0.311. The van der Waals surface area contributed by atoms with Gasteiger partial charge < -0.3 is 24.4 Å². The monoisotopic (exact) mass is 527 g/mol. The number of rotatable bonds is 8. The van der Waals surface area contributed by atoms with E-state index in [-0.39, 0.29) is 0 Å². The number of anilines is 4. The molecule has 0 saturated carbocycles. The van der Waals surface area contributed by atoms with Gasteiger partial charge in [0, 0.05) is 29.2 Å². The summed E-state index contributed by atoms with van der Waals surface area (Å²) in [7, 11) is 3.21. The molecule has 0 spiro atoms. The van der Waals surface area contributed by atoms with Crippen LogP contribution in [0.25, 0.3) is 0 Å². The Morgan fingerprint density at radius 1 is 1.03 bits per heavy atom. The van der Waals surface area contributed by atoms with E-state index in [1.165, 1.54) is 0 Å². The third-order valence-corrected chi connectivity index (χ3v) is 5.75. The van der Waals surface area contributed by atoms with Crippen LogP contribution in [0.1, 0.15) is 11.1 Å². The minimum Gasteiger partial charge on any atom is -0.497 e. The van der Waals surface area contributed by atoms with E-state index in [1.807, 2.05) is 37.3 Å². The molecule has 0 radical (unpaired) electrons. The highest BCUT2D eigenvalue weighted by atomic mass is 79.9. The van der Waals surface area contributed by atoms with Gasteiger partial charge in [-0.2, -0.15) is 20.1 Å². The van der Waals surface area contributed by atoms with Crippen LogP contribution in [0.5, 0.6) is 11.5 Å². The maximum atomic E-state index is 5.46. The summed E-state index contributed by atoms with van der Waals surface area (Å²) in [6.07, 6.45) is 1.64. The molecule has 2 heterocycles. The van der Waals surface area contributed by atoms with Gasteiger partial charge in [0.2, 0.25) is 17.8 Å². The van der Waals surface area contributed by atoms with Crippen molar-refractivity contribution in [3.63, 3.8) is 0 Å². The van der Waals surface area contributed by atoms with E-state index < -0.39 is 0 Å². The van der Waals surface area contributed by atoms with E-state index in [4.69, 9.17) is 14.2 Å². The van der Waals surface area contributed by atoms with Crippen molar-refractivity contribution in [2.45, 2.75) is 6.92 Å². The van der Waals surface area contributed by atoms with Gasteiger partial charge in [0.25, 0.3) is 0 Å². The number of hydrazone groups is 1. The Bertz CT molecular complexity index is 1170. The minimum atomic E-state index is 0.311. The summed E-state index contributed by atoms with van der Waals surface area (Å²) in [6, 6.07) is 11.5. The Kier molecular flexibility index (Phi) is 7.76. The number of aryl methyl sites for hydroxylation is 1. The number of methoxy groups -OCH3 is 2. The molecule has 10 nitrogen and oxygen atoms in total. The Labute approximate surface area is 206 Å². The van der Waals surface area contributed by atoms with Crippen molar-refractivity contribution >= 4 is 45.7 Å². The molecule has 178 valence electrons. The van der Waals surface area contributed by atoms with Crippen LogP contribution >= 0.6 is 15.9 Å². The molecule has 3 aromatic rings. The molecule has 0 bridgehead atoms. The van der Waals surface area contributed by atoms with Gasteiger partial charge in [-0.25, -0.2) is 5.43 Å². The van der Waals surface area contributed by atoms with Crippen molar-refractivity contribution in [2.24, 2.45) is 5.10 Å². The molecule has 11 heteroatoms. The highest BCUT2D eigenvalue weighted by Gasteiger charge is 2.17. The molecule has 2 N–H and O–H groups in total. The lowest BCUT2D eigenvalue weighted by atomic mass is 10.2. The summed E-state index contributed by atoms with van der Waals surface area (Å²) in [4.78, 5) is 15.7. The number of hydrogen-bond acceptors (Lipinski definition) is 10. The molecule has 0 amide bonds. The number of aromatic nitrogens is 3. The quantitative estimate of drug-likeness (QED) is 0.332. The highest BCUT2D eigenvalue weighted by Crippen LogP contribution is 2.27. The lowest BCUT2D eigenvalue weighted by Crippen LogP contribution is -2.37. The second-order valence-electron chi connectivity index (χ2n) is 7.47. The summed E-state index contributed by atoms with van der Waals surface area (Å²) < 4.78 is 17.0. The lowest BCUT2D eigenvalue weighted by molar-refractivity contribution is 0.122. The fourth-order valence-corrected chi connectivity index (χ4v) is 3.89. The van der Waals surface area contributed by atoms with E-state index in [9.17, 15) is 0 Å². The van der Waals surface area contributed by atoms with Crippen LogP contribution in [0.3, 0.4) is 0 Å². The standard InChI is InChI=1S/C23H26BrN7O3/c1-15-4-7-19(18(24)12-15)26-21-27-22(29-23(28-21)31-8-10-34-11-9-31)30-25-14-16-5-6-17(32-2)13-20(16)33-3/h4-7,12-14H,8-11H2,1-3H3,(H2,26,27,28,29,30)/b25-14-. The zero-order chi connectivity index (χ0) is 23.9. The van der Waals surface area contributed by atoms with Gasteiger partial charge in [0.1, 0.15) is 11.5 Å². The molecule has 1 fully saturated rings. The van der Waals surface area contributed by atoms with Gasteiger partial charge in [-0.05, 0) is 52.7 Å². The van der Waals surface area contributed by atoms with Crippen LogP contribution < -0.4 is 25.1 Å². The van der Waals surface area contributed by atoms with E-state index in [0.29, 0.717) is 55.6 Å². The van der Waals surface area contributed by atoms with Crippen molar-refractivity contribution in [2.75, 3.05) is 56.2 Å². The predicted molar refractivity (Wildman–Crippen MR) is 136 cm³/mol. The molecule has 0 atom stereocenters. The largest absolute Gasteiger partial charge is 0.497 e. The predicted octanol–water partition coefficient (Wildman–Crippen LogP) is 3.99. The number of ether oxygens (including phenoxy) is 3. The highest BCUT2D eigenvalue weighted by molar-refractivity contribution is 9.10. The number of halogens is 1. The fourth-order valence-electron chi connectivity index (χ4n) is 3.30. The Hall–Kier alpha value is -3.44. The molecule has 1 aromatic heterocycles. The maximum Gasteiger partial charge on any atom is 0.250 e. The van der Waals surface area contributed by atoms with Gasteiger partial charge >= 0.3 is 0 Å². The second kappa shape index (κ2) is 11.1. The second-order valence-corrected chi connectivity index (χ2v) is 8.32. The maximum absolute atomic E-state index is 5.46. The van der Waals surface area contributed by atoms with Crippen LogP contribution in [0.2, 0.25) is 0 Å². The molecule has 1 aliphatic heterocycles. The smallest absolute Gasteiger partial charge is 0.250 e. The first-order valence-corrected chi connectivity index (χ1v) is 11.5. The molecule has 2 aromatic carbocycles. The first-order valence-electron chi connectivity index (χ1n) is 10.7. The molecule has 4 rings (SSSR count). The summed E-state index contributed by atoms with van der Waals surface area (Å²) >= 11 is 3.59. The van der Waals surface area contributed by atoms with Crippen molar-refractivity contribution in [3.05, 3.63) is 52.0 Å². The Morgan fingerprint density at radius 3 is 2.56 bits per heavy atom. The molecular weight excluding hydrogens is 502 g/mol. The van der Waals surface area contributed by atoms with Crippen LogP contribution in [-0.4, -0.2) is 61.7 Å². The average molecular weight is 528 g/mol. The summed E-state index contributed by atoms with van der Waals surface area (Å²) in [6.45, 7) is 4.67. The normalized spacial score (nSPS) is 13.7. The average Bonchev–Trinajstić information content (AvgIpc) is 2.86. The topological polar surface area (TPSA) is 106 Å². The molecular formula is C23H26BrN7O3. The third kappa shape index (κ3) is 5.91. The Balaban J connectivity index is 1.59. The summed E-state index contributed by atoms with van der Waals surface area (Å²) in [5.74, 6) is 2.60. The number of benzene rings is 2. The summed E-state index contributed by atoms with van der Waals surface area (Å²) in [5, 5.41) is 7.58. The molecule has 1 saturated heterocycles. The van der Waals surface area contributed by atoms with Gasteiger partial charge in [-0.15, -0.1) is 0 Å². The Morgan fingerprint density at radius 2 is 1.82 bits per heavy atom. The van der Waals surface area contributed by atoms with Gasteiger partial charge in [0.15, 0.2) is 0 Å². The summed E-state index contributed by atoms with van der Waals surface area (Å²) in [5.41, 5.74) is 5.69. The molecule has 0 unspecified atom stereocenters. The van der Waals surface area contributed by atoms with E-state index in [1.54, 1.807) is 26.5 Å².